The molecule has 178 valence electrons. The zero-order valence-corrected chi connectivity index (χ0v) is 20.6. The lowest BCUT2D eigenvalue weighted by Gasteiger charge is -2.22. The van der Waals surface area contributed by atoms with Crippen molar-refractivity contribution in [1.82, 2.24) is 0 Å². The Morgan fingerprint density at radius 1 is 0.971 bits per heavy atom. The normalized spacial score (nSPS) is 16.0. The fourth-order valence-corrected chi connectivity index (χ4v) is 4.03. The maximum absolute atomic E-state index is 13.1. The van der Waals surface area contributed by atoms with E-state index in [1.54, 1.807) is 12.0 Å². The first-order valence-corrected chi connectivity index (χ1v) is 11.7. The monoisotopic (exact) mass is 459 g/mol. The van der Waals surface area contributed by atoms with Crippen LogP contribution >= 0.6 is 0 Å². The molecule has 1 aliphatic heterocycles. The van der Waals surface area contributed by atoms with Crippen LogP contribution in [0, 0.1) is 12.3 Å². The summed E-state index contributed by atoms with van der Waals surface area (Å²) in [4.78, 5) is 14.9. The molecule has 1 amide bonds. The van der Waals surface area contributed by atoms with Gasteiger partial charge in [-0.05, 0) is 53.3 Å². The lowest BCUT2D eigenvalue weighted by atomic mass is 9.99. The molecular weight excluding hydrogens is 426 g/mol. The van der Waals surface area contributed by atoms with Crippen molar-refractivity contribution in [2.45, 2.75) is 40.2 Å². The van der Waals surface area contributed by atoms with Crippen molar-refractivity contribution in [3.8, 4) is 28.4 Å². The summed E-state index contributed by atoms with van der Waals surface area (Å²) in [5.74, 6) is 1.94. The van der Waals surface area contributed by atoms with Crippen LogP contribution in [0.25, 0.3) is 11.1 Å². The maximum Gasteiger partial charge on any atom is 0.268 e. The minimum absolute atomic E-state index is 0.0390. The number of ether oxygens (including phenoxy) is 3. The third-order valence-electron chi connectivity index (χ3n) is 5.86. The second-order valence-corrected chi connectivity index (χ2v) is 9.91. The van der Waals surface area contributed by atoms with E-state index in [4.69, 9.17) is 14.2 Å². The molecule has 5 heteroatoms. The van der Waals surface area contributed by atoms with E-state index in [0.717, 1.165) is 11.3 Å². The molecule has 0 radical (unpaired) electrons. The van der Waals surface area contributed by atoms with Crippen molar-refractivity contribution in [3.05, 3.63) is 72.3 Å². The van der Waals surface area contributed by atoms with Gasteiger partial charge in [0, 0.05) is 24.7 Å². The topological polar surface area (TPSA) is 48.0 Å². The first kappa shape index (κ1) is 23.7. The summed E-state index contributed by atoms with van der Waals surface area (Å²) in [5, 5.41) is 0. The molecule has 0 bridgehead atoms. The van der Waals surface area contributed by atoms with E-state index < -0.39 is 6.10 Å². The summed E-state index contributed by atoms with van der Waals surface area (Å²) < 4.78 is 17.5. The van der Waals surface area contributed by atoms with Gasteiger partial charge in [-0.3, -0.25) is 4.79 Å². The number of nitrogens with zero attached hydrogens (tertiary/aromatic N) is 1. The maximum atomic E-state index is 13.1. The highest BCUT2D eigenvalue weighted by Crippen LogP contribution is 2.35. The highest BCUT2D eigenvalue weighted by Gasteiger charge is 2.34. The lowest BCUT2D eigenvalue weighted by molar-refractivity contribution is -0.122. The van der Waals surface area contributed by atoms with Crippen LogP contribution in [0.1, 0.15) is 32.8 Å². The lowest BCUT2D eigenvalue weighted by Crippen LogP contribution is -2.32. The van der Waals surface area contributed by atoms with Gasteiger partial charge in [-0.2, -0.15) is 0 Å². The van der Waals surface area contributed by atoms with Crippen LogP contribution in [0.3, 0.4) is 0 Å². The molecule has 0 saturated carbocycles. The Morgan fingerprint density at radius 3 is 2.38 bits per heavy atom. The van der Waals surface area contributed by atoms with E-state index in [2.05, 4.69) is 39.8 Å². The van der Waals surface area contributed by atoms with Crippen molar-refractivity contribution in [2.75, 3.05) is 25.2 Å². The van der Waals surface area contributed by atoms with E-state index in [9.17, 15) is 4.79 Å². The second kappa shape index (κ2) is 9.80. The van der Waals surface area contributed by atoms with Gasteiger partial charge in [-0.25, -0.2) is 0 Å². The average Bonchev–Trinajstić information content (AvgIpc) is 3.18. The molecule has 0 aliphatic carbocycles. The van der Waals surface area contributed by atoms with Gasteiger partial charge in [-0.15, -0.1) is 0 Å². The minimum atomic E-state index is -0.507. The van der Waals surface area contributed by atoms with Gasteiger partial charge in [0.25, 0.3) is 5.91 Å². The molecule has 0 N–H and O–H groups in total. The number of rotatable bonds is 7. The number of anilines is 1. The van der Waals surface area contributed by atoms with E-state index in [0.29, 0.717) is 36.8 Å². The van der Waals surface area contributed by atoms with Crippen molar-refractivity contribution in [3.63, 3.8) is 0 Å². The fraction of sp³-hybridized carbons (Fsp3) is 0.345. The molecule has 1 heterocycles. The largest absolute Gasteiger partial charge is 0.493 e. The van der Waals surface area contributed by atoms with Crippen molar-refractivity contribution in [1.29, 1.82) is 0 Å². The molecular formula is C29H33NO4. The fourth-order valence-electron chi connectivity index (χ4n) is 4.03. The van der Waals surface area contributed by atoms with E-state index in [1.807, 2.05) is 54.6 Å². The van der Waals surface area contributed by atoms with Gasteiger partial charge in [0.15, 0.2) is 17.6 Å². The Bertz CT molecular complexity index is 1150. The average molecular weight is 460 g/mol. The van der Waals surface area contributed by atoms with E-state index in [1.165, 1.54) is 11.1 Å². The van der Waals surface area contributed by atoms with Gasteiger partial charge in [0.2, 0.25) is 0 Å². The standard InChI is InChI=1S/C29H33NO4/c1-20-8-6-7-9-24(20)21-10-13-23(14-11-21)34-26-16-17-30(28(26)31)22-12-15-25(27(18-22)32-5)33-19-29(2,3)4/h6-15,18,26H,16-17,19H2,1-5H3. The number of hydrogen-bond acceptors (Lipinski definition) is 4. The first-order chi connectivity index (χ1) is 16.2. The Kier molecular flexibility index (Phi) is 6.82. The van der Waals surface area contributed by atoms with Crippen LogP contribution in [0.4, 0.5) is 5.69 Å². The van der Waals surface area contributed by atoms with Crippen molar-refractivity contribution in [2.24, 2.45) is 5.41 Å². The molecule has 1 aliphatic rings. The molecule has 1 unspecified atom stereocenters. The van der Waals surface area contributed by atoms with E-state index in [-0.39, 0.29) is 11.3 Å². The number of carbonyl (C=O) groups is 1. The zero-order valence-electron chi connectivity index (χ0n) is 20.6. The number of hydrogen-bond donors (Lipinski definition) is 0. The third kappa shape index (κ3) is 5.36. The molecule has 0 aromatic heterocycles. The summed E-state index contributed by atoms with van der Waals surface area (Å²) in [6, 6.07) is 21.8. The van der Waals surface area contributed by atoms with Crippen molar-refractivity contribution >= 4 is 11.6 Å². The Morgan fingerprint density at radius 2 is 1.71 bits per heavy atom. The number of carbonyl (C=O) groups excluding carboxylic acids is 1. The third-order valence-corrected chi connectivity index (χ3v) is 5.86. The predicted molar refractivity (Wildman–Crippen MR) is 136 cm³/mol. The Labute approximate surface area is 202 Å². The molecule has 1 atom stereocenters. The predicted octanol–water partition coefficient (Wildman–Crippen LogP) is 6.28. The van der Waals surface area contributed by atoms with Gasteiger partial charge in [0.05, 0.1) is 13.7 Å². The number of aryl methyl sites for hydroxylation is 1. The molecule has 4 rings (SSSR count). The quantitative estimate of drug-likeness (QED) is 0.417. The van der Waals surface area contributed by atoms with Crippen LogP contribution < -0.4 is 19.1 Å². The highest BCUT2D eigenvalue weighted by atomic mass is 16.5. The first-order valence-electron chi connectivity index (χ1n) is 11.7. The molecule has 5 nitrogen and oxygen atoms in total. The van der Waals surface area contributed by atoms with Crippen molar-refractivity contribution < 1.29 is 19.0 Å². The Hall–Kier alpha value is -3.47. The molecule has 3 aromatic rings. The summed E-state index contributed by atoms with van der Waals surface area (Å²) in [6.45, 7) is 9.62. The number of benzene rings is 3. The van der Waals surface area contributed by atoms with Crippen LogP contribution in [0.2, 0.25) is 0 Å². The van der Waals surface area contributed by atoms with Gasteiger partial charge < -0.3 is 19.1 Å². The zero-order chi connectivity index (χ0) is 24.3. The minimum Gasteiger partial charge on any atom is -0.493 e. The van der Waals surface area contributed by atoms with Crippen LogP contribution in [-0.4, -0.2) is 32.3 Å². The summed E-state index contributed by atoms with van der Waals surface area (Å²) in [7, 11) is 1.61. The summed E-state index contributed by atoms with van der Waals surface area (Å²) in [6.07, 6.45) is 0.121. The van der Waals surface area contributed by atoms with Crippen LogP contribution in [0.15, 0.2) is 66.7 Å². The van der Waals surface area contributed by atoms with E-state index >= 15 is 0 Å². The number of amides is 1. The summed E-state index contributed by atoms with van der Waals surface area (Å²) in [5.41, 5.74) is 4.37. The van der Waals surface area contributed by atoms with Gasteiger partial charge >= 0.3 is 0 Å². The molecule has 3 aromatic carbocycles. The molecule has 0 spiro atoms. The SMILES string of the molecule is COc1cc(N2CCC(Oc3ccc(-c4ccccc4C)cc3)C2=O)ccc1OCC(C)(C)C. The number of methoxy groups -OCH3 is 1. The molecule has 34 heavy (non-hydrogen) atoms. The summed E-state index contributed by atoms with van der Waals surface area (Å²) >= 11 is 0. The van der Waals surface area contributed by atoms with Crippen LogP contribution in [0.5, 0.6) is 17.2 Å². The molecule has 1 saturated heterocycles. The second-order valence-electron chi connectivity index (χ2n) is 9.91. The highest BCUT2D eigenvalue weighted by molar-refractivity contribution is 5.99. The Balaban J connectivity index is 1.43. The van der Waals surface area contributed by atoms with Crippen LogP contribution in [-0.2, 0) is 4.79 Å². The molecule has 1 fully saturated rings. The smallest absolute Gasteiger partial charge is 0.268 e. The van der Waals surface area contributed by atoms with Gasteiger partial charge in [-0.1, -0.05) is 57.2 Å². The van der Waals surface area contributed by atoms with Gasteiger partial charge in [0.1, 0.15) is 5.75 Å².